The van der Waals surface area contributed by atoms with Crippen LogP contribution in [0.5, 0.6) is 11.5 Å². The molecule has 0 radical (unpaired) electrons. The van der Waals surface area contributed by atoms with Crippen LogP contribution < -0.4 is 9.47 Å². The molecular weight excluding hydrogens is 330 g/mol. The molecule has 102 valence electrons. The zero-order valence-corrected chi connectivity index (χ0v) is 12.8. The van der Waals surface area contributed by atoms with Crippen LogP contribution in [0.4, 0.5) is 0 Å². The van der Waals surface area contributed by atoms with Gasteiger partial charge in [-0.2, -0.15) is 0 Å². The molecule has 0 atom stereocenters. The van der Waals surface area contributed by atoms with Crippen LogP contribution in [0.3, 0.4) is 0 Å². The summed E-state index contributed by atoms with van der Waals surface area (Å²) in [5.74, 6) is 1.28. The highest BCUT2D eigenvalue weighted by molar-refractivity contribution is 9.10. The van der Waals surface area contributed by atoms with E-state index in [9.17, 15) is 5.11 Å². The standard InChI is InChI=1S/C13H14BrNO3S/c1-2-17-12-4-9(6-16)3-11(14)13(12)18-7-10-5-15-8-19-10/h3-5,8,16H,2,6-7H2,1H3. The highest BCUT2D eigenvalue weighted by Crippen LogP contribution is 2.37. The molecule has 2 rings (SSSR count). The van der Waals surface area contributed by atoms with Crippen molar-refractivity contribution in [2.24, 2.45) is 0 Å². The number of rotatable bonds is 6. The second-order valence-corrected chi connectivity index (χ2v) is 5.58. The number of aromatic nitrogens is 1. The topological polar surface area (TPSA) is 51.6 Å². The first kappa shape index (κ1) is 14.3. The maximum absolute atomic E-state index is 9.20. The number of benzene rings is 1. The van der Waals surface area contributed by atoms with Crippen LogP contribution in [-0.4, -0.2) is 16.7 Å². The average molecular weight is 344 g/mol. The lowest BCUT2D eigenvalue weighted by atomic mass is 10.2. The summed E-state index contributed by atoms with van der Waals surface area (Å²) < 4.78 is 12.1. The Hall–Kier alpha value is -1.11. The number of aliphatic hydroxyl groups excluding tert-OH is 1. The van der Waals surface area contributed by atoms with E-state index in [0.29, 0.717) is 24.7 Å². The Morgan fingerprint density at radius 2 is 2.21 bits per heavy atom. The second-order valence-electron chi connectivity index (χ2n) is 3.75. The fourth-order valence-electron chi connectivity index (χ4n) is 1.57. The van der Waals surface area contributed by atoms with E-state index in [1.807, 2.05) is 13.0 Å². The van der Waals surface area contributed by atoms with Crippen LogP contribution in [0.1, 0.15) is 17.4 Å². The van der Waals surface area contributed by atoms with E-state index in [1.165, 1.54) is 0 Å². The third-order valence-electron chi connectivity index (χ3n) is 2.39. The fourth-order valence-corrected chi connectivity index (χ4v) is 2.68. The lowest BCUT2D eigenvalue weighted by molar-refractivity contribution is 0.263. The monoisotopic (exact) mass is 343 g/mol. The van der Waals surface area contributed by atoms with Gasteiger partial charge >= 0.3 is 0 Å². The van der Waals surface area contributed by atoms with Gasteiger partial charge in [-0.25, -0.2) is 0 Å². The van der Waals surface area contributed by atoms with Gasteiger partial charge in [-0.05, 0) is 40.5 Å². The Bertz CT molecular complexity index is 531. The maximum atomic E-state index is 9.20. The molecule has 0 unspecified atom stereocenters. The van der Waals surface area contributed by atoms with E-state index in [0.717, 1.165) is 14.9 Å². The molecule has 19 heavy (non-hydrogen) atoms. The molecule has 0 saturated carbocycles. The molecule has 1 N–H and O–H groups in total. The Labute approximate surface area is 124 Å². The van der Waals surface area contributed by atoms with Gasteiger partial charge in [0, 0.05) is 6.20 Å². The first-order valence-corrected chi connectivity index (χ1v) is 7.48. The second kappa shape index (κ2) is 6.88. The summed E-state index contributed by atoms with van der Waals surface area (Å²) in [5.41, 5.74) is 2.55. The average Bonchev–Trinajstić information content (AvgIpc) is 2.91. The van der Waals surface area contributed by atoms with Gasteiger partial charge in [0.1, 0.15) is 6.61 Å². The third-order valence-corrected chi connectivity index (χ3v) is 3.74. The van der Waals surface area contributed by atoms with Gasteiger partial charge in [-0.15, -0.1) is 11.3 Å². The van der Waals surface area contributed by atoms with Crippen LogP contribution in [0.25, 0.3) is 0 Å². The van der Waals surface area contributed by atoms with Crippen molar-refractivity contribution in [1.29, 1.82) is 0 Å². The van der Waals surface area contributed by atoms with Crippen molar-refractivity contribution >= 4 is 27.3 Å². The number of ether oxygens (including phenoxy) is 2. The van der Waals surface area contributed by atoms with Crippen LogP contribution in [0.2, 0.25) is 0 Å². The molecule has 0 amide bonds. The number of halogens is 1. The number of hydrogen-bond acceptors (Lipinski definition) is 5. The predicted molar refractivity (Wildman–Crippen MR) is 77.7 cm³/mol. The highest BCUT2D eigenvalue weighted by Gasteiger charge is 2.12. The Morgan fingerprint density at radius 3 is 2.84 bits per heavy atom. The minimum absolute atomic E-state index is 0.0339. The molecule has 2 aromatic rings. The fraction of sp³-hybridized carbons (Fsp3) is 0.308. The molecule has 0 aliphatic heterocycles. The van der Waals surface area contributed by atoms with Crippen LogP contribution in [0, 0.1) is 0 Å². The van der Waals surface area contributed by atoms with Gasteiger partial charge in [0.25, 0.3) is 0 Å². The molecule has 0 aliphatic carbocycles. The third kappa shape index (κ3) is 3.68. The van der Waals surface area contributed by atoms with Gasteiger partial charge < -0.3 is 14.6 Å². The molecule has 1 heterocycles. The van der Waals surface area contributed by atoms with Crippen molar-refractivity contribution in [1.82, 2.24) is 4.98 Å². The van der Waals surface area contributed by atoms with Crippen LogP contribution in [0.15, 0.2) is 28.3 Å². The largest absolute Gasteiger partial charge is 0.490 e. The van der Waals surface area contributed by atoms with Gasteiger partial charge in [-0.1, -0.05) is 0 Å². The summed E-state index contributed by atoms with van der Waals surface area (Å²) in [6.45, 7) is 2.86. The number of nitrogens with zero attached hydrogens (tertiary/aromatic N) is 1. The quantitative estimate of drug-likeness (QED) is 0.873. The smallest absolute Gasteiger partial charge is 0.175 e. The minimum atomic E-state index is -0.0339. The summed E-state index contributed by atoms with van der Waals surface area (Å²) >= 11 is 4.99. The van der Waals surface area contributed by atoms with Crippen molar-refractivity contribution in [3.05, 3.63) is 38.8 Å². The van der Waals surface area contributed by atoms with Crippen molar-refractivity contribution in [2.45, 2.75) is 20.1 Å². The first-order valence-electron chi connectivity index (χ1n) is 5.80. The van der Waals surface area contributed by atoms with E-state index in [-0.39, 0.29) is 6.61 Å². The van der Waals surface area contributed by atoms with Gasteiger partial charge in [0.2, 0.25) is 0 Å². The Kier molecular flexibility index (Phi) is 5.18. The molecular formula is C13H14BrNO3S. The molecule has 0 saturated heterocycles. The van der Waals surface area contributed by atoms with Crippen molar-refractivity contribution in [3.63, 3.8) is 0 Å². The Balaban J connectivity index is 2.21. The van der Waals surface area contributed by atoms with E-state index in [2.05, 4.69) is 20.9 Å². The molecule has 1 aromatic heterocycles. The number of aliphatic hydroxyl groups is 1. The van der Waals surface area contributed by atoms with Crippen molar-refractivity contribution in [3.8, 4) is 11.5 Å². The molecule has 0 fully saturated rings. The number of hydrogen-bond donors (Lipinski definition) is 1. The molecule has 1 aromatic carbocycles. The summed E-state index contributed by atoms with van der Waals surface area (Å²) in [5, 5.41) is 9.20. The summed E-state index contributed by atoms with van der Waals surface area (Å²) in [6, 6.07) is 3.61. The zero-order chi connectivity index (χ0) is 13.7. The summed E-state index contributed by atoms with van der Waals surface area (Å²) in [4.78, 5) is 5.05. The SMILES string of the molecule is CCOc1cc(CO)cc(Br)c1OCc1cncs1. The lowest BCUT2D eigenvalue weighted by Gasteiger charge is -2.14. The zero-order valence-electron chi connectivity index (χ0n) is 10.4. The van der Waals surface area contributed by atoms with E-state index >= 15 is 0 Å². The van der Waals surface area contributed by atoms with E-state index in [4.69, 9.17) is 9.47 Å². The molecule has 0 aliphatic rings. The van der Waals surface area contributed by atoms with Crippen molar-refractivity contribution in [2.75, 3.05) is 6.61 Å². The van der Waals surface area contributed by atoms with Gasteiger partial charge in [-0.3, -0.25) is 4.98 Å². The predicted octanol–water partition coefficient (Wildman–Crippen LogP) is 3.38. The molecule has 0 bridgehead atoms. The highest BCUT2D eigenvalue weighted by atomic mass is 79.9. The van der Waals surface area contributed by atoms with Crippen LogP contribution >= 0.6 is 27.3 Å². The normalized spacial score (nSPS) is 10.5. The molecule has 0 spiro atoms. The minimum Gasteiger partial charge on any atom is -0.490 e. The van der Waals surface area contributed by atoms with Gasteiger partial charge in [0.15, 0.2) is 11.5 Å². The molecule has 4 nitrogen and oxygen atoms in total. The van der Waals surface area contributed by atoms with E-state index < -0.39 is 0 Å². The Morgan fingerprint density at radius 1 is 1.37 bits per heavy atom. The lowest BCUT2D eigenvalue weighted by Crippen LogP contribution is -2.00. The first-order chi connectivity index (χ1) is 9.24. The van der Waals surface area contributed by atoms with Crippen LogP contribution in [-0.2, 0) is 13.2 Å². The van der Waals surface area contributed by atoms with E-state index in [1.54, 1.807) is 29.1 Å². The number of thiazole rings is 1. The summed E-state index contributed by atoms with van der Waals surface area (Å²) in [7, 11) is 0. The van der Waals surface area contributed by atoms with Gasteiger partial charge in [0.05, 0.1) is 28.1 Å². The van der Waals surface area contributed by atoms with Crippen molar-refractivity contribution < 1.29 is 14.6 Å². The summed E-state index contributed by atoms with van der Waals surface area (Å²) in [6.07, 6.45) is 1.78. The maximum Gasteiger partial charge on any atom is 0.175 e. The molecule has 6 heteroatoms.